The first-order valence-corrected chi connectivity index (χ1v) is 6.10. The Kier molecular flexibility index (Phi) is 4.98. The van der Waals surface area contributed by atoms with Gasteiger partial charge in [0.05, 0.1) is 5.56 Å². The molecule has 14 heavy (non-hydrogen) atoms. The highest BCUT2D eigenvalue weighted by Crippen LogP contribution is 2.13. The highest BCUT2D eigenvalue weighted by Gasteiger charge is 2.07. The number of carbonyl (C=O) groups is 1. The van der Waals surface area contributed by atoms with E-state index in [-0.39, 0.29) is 5.91 Å². The molecule has 0 saturated heterocycles. The molecule has 0 fully saturated rings. The number of halogens is 1. The third-order valence-electron chi connectivity index (χ3n) is 1.95. The van der Waals surface area contributed by atoms with Gasteiger partial charge < -0.3 is 5.32 Å². The molecule has 0 unspecified atom stereocenters. The smallest absolute Gasteiger partial charge is 0.252 e. The second-order valence-corrected chi connectivity index (χ2v) is 4.24. The van der Waals surface area contributed by atoms with Gasteiger partial charge in [0.2, 0.25) is 0 Å². The standard InChI is InChI=1S/C10H14ClNOS/c1-8-6-14-7-9(8)10(13)12-5-3-2-4-11/h6-7H,2-5H2,1H3,(H,12,13). The zero-order valence-corrected chi connectivity index (χ0v) is 9.75. The molecule has 78 valence electrons. The number of hydrogen-bond donors (Lipinski definition) is 1. The Morgan fingerprint density at radius 1 is 1.50 bits per heavy atom. The van der Waals surface area contributed by atoms with Gasteiger partial charge in [-0.1, -0.05) is 0 Å². The monoisotopic (exact) mass is 231 g/mol. The van der Waals surface area contributed by atoms with E-state index < -0.39 is 0 Å². The van der Waals surface area contributed by atoms with Crippen LogP contribution in [0.3, 0.4) is 0 Å². The molecule has 0 aliphatic rings. The van der Waals surface area contributed by atoms with Gasteiger partial charge in [0.25, 0.3) is 5.91 Å². The molecular weight excluding hydrogens is 218 g/mol. The molecule has 0 atom stereocenters. The number of carbonyl (C=O) groups excluding carboxylic acids is 1. The number of rotatable bonds is 5. The first-order valence-electron chi connectivity index (χ1n) is 4.62. The van der Waals surface area contributed by atoms with Gasteiger partial charge in [0.15, 0.2) is 0 Å². The van der Waals surface area contributed by atoms with Crippen LogP contribution in [0.5, 0.6) is 0 Å². The average Bonchev–Trinajstić information content (AvgIpc) is 2.59. The lowest BCUT2D eigenvalue weighted by atomic mass is 10.2. The van der Waals surface area contributed by atoms with Gasteiger partial charge >= 0.3 is 0 Å². The Balaban J connectivity index is 2.32. The van der Waals surface area contributed by atoms with Crippen LogP contribution in [0.15, 0.2) is 10.8 Å². The lowest BCUT2D eigenvalue weighted by Crippen LogP contribution is -2.24. The second kappa shape index (κ2) is 6.04. The van der Waals surface area contributed by atoms with E-state index in [1.165, 1.54) is 0 Å². The minimum atomic E-state index is 0.0262. The fourth-order valence-corrected chi connectivity index (χ4v) is 2.13. The Hall–Kier alpha value is -0.540. The van der Waals surface area contributed by atoms with Gasteiger partial charge in [-0.05, 0) is 30.7 Å². The summed E-state index contributed by atoms with van der Waals surface area (Å²) < 4.78 is 0. The van der Waals surface area contributed by atoms with E-state index in [2.05, 4.69) is 5.32 Å². The number of alkyl halides is 1. The van der Waals surface area contributed by atoms with Crippen LogP contribution < -0.4 is 5.32 Å². The minimum absolute atomic E-state index is 0.0262. The maximum absolute atomic E-state index is 11.6. The molecule has 1 N–H and O–H groups in total. The molecule has 4 heteroatoms. The highest BCUT2D eigenvalue weighted by atomic mass is 35.5. The molecule has 1 heterocycles. The van der Waals surface area contributed by atoms with Crippen molar-refractivity contribution < 1.29 is 4.79 Å². The number of unbranched alkanes of at least 4 members (excludes halogenated alkanes) is 1. The van der Waals surface area contributed by atoms with E-state index in [4.69, 9.17) is 11.6 Å². The third kappa shape index (κ3) is 3.31. The topological polar surface area (TPSA) is 29.1 Å². The van der Waals surface area contributed by atoms with Crippen molar-refractivity contribution in [3.63, 3.8) is 0 Å². The van der Waals surface area contributed by atoms with Crippen molar-refractivity contribution in [2.24, 2.45) is 0 Å². The van der Waals surface area contributed by atoms with E-state index in [0.29, 0.717) is 12.4 Å². The SMILES string of the molecule is Cc1cscc1C(=O)NCCCCCl. The van der Waals surface area contributed by atoms with E-state index in [9.17, 15) is 4.79 Å². The largest absolute Gasteiger partial charge is 0.352 e. The van der Waals surface area contributed by atoms with Crippen molar-refractivity contribution in [1.29, 1.82) is 0 Å². The van der Waals surface area contributed by atoms with Crippen molar-refractivity contribution in [2.75, 3.05) is 12.4 Å². The van der Waals surface area contributed by atoms with E-state index in [0.717, 1.165) is 24.0 Å². The zero-order valence-electron chi connectivity index (χ0n) is 8.18. The Morgan fingerprint density at radius 3 is 2.86 bits per heavy atom. The van der Waals surface area contributed by atoms with Crippen molar-refractivity contribution in [3.05, 3.63) is 21.9 Å². The maximum Gasteiger partial charge on any atom is 0.252 e. The van der Waals surface area contributed by atoms with Crippen LogP contribution >= 0.6 is 22.9 Å². The summed E-state index contributed by atoms with van der Waals surface area (Å²) in [7, 11) is 0. The van der Waals surface area contributed by atoms with Gasteiger partial charge in [-0.25, -0.2) is 0 Å². The molecule has 1 aromatic rings. The van der Waals surface area contributed by atoms with Crippen LogP contribution in [-0.2, 0) is 0 Å². The number of nitrogens with one attached hydrogen (secondary N) is 1. The Morgan fingerprint density at radius 2 is 2.29 bits per heavy atom. The summed E-state index contributed by atoms with van der Waals surface area (Å²) in [6.45, 7) is 2.66. The van der Waals surface area contributed by atoms with Crippen LogP contribution in [-0.4, -0.2) is 18.3 Å². The summed E-state index contributed by atoms with van der Waals surface area (Å²) in [5, 5.41) is 6.73. The third-order valence-corrected chi connectivity index (χ3v) is 3.07. The lowest BCUT2D eigenvalue weighted by molar-refractivity contribution is 0.0953. The van der Waals surface area contributed by atoms with Crippen molar-refractivity contribution in [3.8, 4) is 0 Å². The minimum Gasteiger partial charge on any atom is -0.352 e. The van der Waals surface area contributed by atoms with Crippen LogP contribution in [0.2, 0.25) is 0 Å². The first kappa shape index (κ1) is 11.5. The molecule has 0 spiro atoms. The molecule has 0 saturated carbocycles. The zero-order chi connectivity index (χ0) is 10.4. The highest BCUT2D eigenvalue weighted by molar-refractivity contribution is 7.08. The summed E-state index contributed by atoms with van der Waals surface area (Å²) in [4.78, 5) is 11.6. The molecule has 1 aromatic heterocycles. The Bertz CT molecular complexity index is 298. The number of aryl methyl sites for hydroxylation is 1. The maximum atomic E-state index is 11.6. The molecule has 0 aliphatic carbocycles. The van der Waals surface area contributed by atoms with Crippen LogP contribution in [0.1, 0.15) is 28.8 Å². The quantitative estimate of drug-likeness (QED) is 0.613. The Labute approximate surface area is 93.3 Å². The molecule has 2 nitrogen and oxygen atoms in total. The fourth-order valence-electron chi connectivity index (χ4n) is 1.11. The lowest BCUT2D eigenvalue weighted by Gasteiger charge is -2.03. The predicted molar refractivity (Wildman–Crippen MR) is 61.3 cm³/mol. The van der Waals surface area contributed by atoms with Crippen LogP contribution in [0.4, 0.5) is 0 Å². The van der Waals surface area contributed by atoms with Gasteiger partial charge in [0.1, 0.15) is 0 Å². The van der Waals surface area contributed by atoms with Crippen molar-refractivity contribution >= 4 is 28.8 Å². The first-order chi connectivity index (χ1) is 6.75. The normalized spacial score (nSPS) is 10.1. The van der Waals surface area contributed by atoms with Gasteiger partial charge in [-0.3, -0.25) is 4.79 Å². The van der Waals surface area contributed by atoms with E-state index in [1.807, 2.05) is 17.7 Å². The molecule has 1 rings (SSSR count). The molecule has 1 amide bonds. The number of hydrogen-bond acceptors (Lipinski definition) is 2. The fraction of sp³-hybridized carbons (Fsp3) is 0.500. The van der Waals surface area contributed by atoms with Crippen LogP contribution in [0, 0.1) is 6.92 Å². The van der Waals surface area contributed by atoms with Crippen LogP contribution in [0.25, 0.3) is 0 Å². The van der Waals surface area contributed by atoms with Gasteiger partial charge in [0, 0.05) is 17.8 Å². The summed E-state index contributed by atoms with van der Waals surface area (Å²) in [6.07, 6.45) is 1.89. The van der Waals surface area contributed by atoms with Gasteiger partial charge in [-0.2, -0.15) is 11.3 Å². The molecule has 0 bridgehead atoms. The van der Waals surface area contributed by atoms with Crippen molar-refractivity contribution in [1.82, 2.24) is 5.32 Å². The van der Waals surface area contributed by atoms with Crippen molar-refractivity contribution in [2.45, 2.75) is 19.8 Å². The van der Waals surface area contributed by atoms with Gasteiger partial charge in [-0.15, -0.1) is 11.6 Å². The number of thiophene rings is 1. The summed E-state index contributed by atoms with van der Waals surface area (Å²) >= 11 is 7.09. The molecule has 0 radical (unpaired) electrons. The summed E-state index contributed by atoms with van der Waals surface area (Å²) in [5.41, 5.74) is 1.84. The van der Waals surface area contributed by atoms with E-state index >= 15 is 0 Å². The second-order valence-electron chi connectivity index (χ2n) is 3.12. The summed E-state index contributed by atoms with van der Waals surface area (Å²) in [5.74, 6) is 0.686. The molecule has 0 aliphatic heterocycles. The van der Waals surface area contributed by atoms with E-state index in [1.54, 1.807) is 11.3 Å². The molecule has 0 aromatic carbocycles. The predicted octanol–water partition coefficient (Wildman–Crippen LogP) is 2.81. The number of amides is 1. The molecular formula is C10H14ClNOS. The average molecular weight is 232 g/mol. The summed E-state index contributed by atoms with van der Waals surface area (Å²) in [6, 6.07) is 0.